The van der Waals surface area contributed by atoms with Crippen molar-refractivity contribution in [3.05, 3.63) is 45.9 Å². The minimum atomic E-state index is -0.574. The maximum atomic E-state index is 14.1. The van der Waals surface area contributed by atoms with Gasteiger partial charge in [-0.2, -0.15) is 0 Å². The molecule has 1 aromatic carbocycles. The van der Waals surface area contributed by atoms with Crippen molar-refractivity contribution >= 4 is 35.0 Å². The summed E-state index contributed by atoms with van der Waals surface area (Å²) in [7, 11) is 1.73. The Morgan fingerprint density at radius 1 is 0.926 bits per heavy atom. The quantitative estimate of drug-likeness (QED) is 0.119. The zero-order valence-corrected chi connectivity index (χ0v) is 33.3. The van der Waals surface area contributed by atoms with Gasteiger partial charge < -0.3 is 44.5 Å². The Labute approximate surface area is 323 Å². The number of carbonyl (C=O) groups excluding carboxylic acids is 4. The Bertz CT molecular complexity index is 1490. The van der Waals surface area contributed by atoms with E-state index in [4.69, 9.17) is 28.7 Å². The maximum absolute atomic E-state index is 14.1. The first kappa shape index (κ1) is 43.1. The second-order valence-electron chi connectivity index (χ2n) is 14.6. The van der Waals surface area contributed by atoms with Crippen LogP contribution in [-0.2, 0) is 28.5 Å². The van der Waals surface area contributed by atoms with Crippen molar-refractivity contribution in [2.75, 3.05) is 66.4 Å². The number of rotatable bonds is 21. The second kappa shape index (κ2) is 22.1. The van der Waals surface area contributed by atoms with E-state index in [-0.39, 0.29) is 29.6 Å². The van der Waals surface area contributed by atoms with Crippen LogP contribution in [0.4, 0.5) is 4.79 Å². The number of likely N-dealkylation sites (tertiary alicyclic amines) is 1. The Kier molecular flexibility index (Phi) is 17.6. The van der Waals surface area contributed by atoms with E-state index in [1.165, 1.54) is 11.3 Å². The SMILES string of the molecule is CN[C@@H](C)C(=O)N[C@H](C(=O)N1CCC[C@H]1c1nc(C(=O)c2cccc(OCCOCCOCCOCCNC(=O)OC(C)(C)C)c2)cs1)C1CCCCC1. The normalized spacial score (nSPS) is 17.5. The molecule has 0 bridgehead atoms. The summed E-state index contributed by atoms with van der Waals surface area (Å²) < 4.78 is 27.5. The lowest BCUT2D eigenvalue weighted by atomic mass is 9.83. The fourth-order valence-corrected chi connectivity index (χ4v) is 7.39. The van der Waals surface area contributed by atoms with Gasteiger partial charge in [-0.3, -0.25) is 14.4 Å². The number of likely N-dealkylation sites (N-methyl/N-ethyl adjacent to an activating group) is 1. The van der Waals surface area contributed by atoms with Crippen LogP contribution in [0.2, 0.25) is 0 Å². The molecule has 1 aliphatic heterocycles. The molecule has 0 radical (unpaired) electrons. The summed E-state index contributed by atoms with van der Waals surface area (Å²) in [4.78, 5) is 58.7. The summed E-state index contributed by atoms with van der Waals surface area (Å²) in [5, 5.41) is 11.2. The molecule has 54 heavy (non-hydrogen) atoms. The summed E-state index contributed by atoms with van der Waals surface area (Å²) in [6.45, 7) is 10.8. The van der Waals surface area contributed by atoms with Gasteiger partial charge in [0.1, 0.15) is 34.7 Å². The second-order valence-corrected chi connectivity index (χ2v) is 15.5. The van der Waals surface area contributed by atoms with E-state index in [9.17, 15) is 19.2 Å². The highest BCUT2D eigenvalue weighted by molar-refractivity contribution is 7.10. The monoisotopic (exact) mass is 773 g/mol. The molecule has 3 N–H and O–H groups in total. The zero-order valence-electron chi connectivity index (χ0n) is 32.5. The molecule has 1 aromatic heterocycles. The minimum absolute atomic E-state index is 0.0572. The first-order valence-electron chi connectivity index (χ1n) is 19.2. The van der Waals surface area contributed by atoms with E-state index in [0.29, 0.717) is 76.3 Å². The lowest BCUT2D eigenvalue weighted by Gasteiger charge is -2.35. The zero-order chi connectivity index (χ0) is 38.9. The molecule has 2 heterocycles. The Balaban J connectivity index is 1.18. The van der Waals surface area contributed by atoms with E-state index in [1.54, 1.807) is 43.6 Å². The molecule has 14 nitrogen and oxygen atoms in total. The number of alkyl carbamates (subject to hydrolysis) is 1. The number of ether oxygens (including phenoxy) is 5. The van der Waals surface area contributed by atoms with Gasteiger partial charge in [0.05, 0.1) is 51.7 Å². The Hall–Kier alpha value is -3.63. The third kappa shape index (κ3) is 13.9. The maximum Gasteiger partial charge on any atom is 0.407 e. The van der Waals surface area contributed by atoms with Crippen molar-refractivity contribution in [1.29, 1.82) is 0 Å². The number of nitrogens with zero attached hydrogens (tertiary/aromatic N) is 2. The molecular weight excluding hydrogens is 715 g/mol. The molecule has 1 saturated carbocycles. The molecular formula is C39H59N5O9S. The molecule has 0 unspecified atom stereocenters. The van der Waals surface area contributed by atoms with E-state index < -0.39 is 23.8 Å². The highest BCUT2D eigenvalue weighted by Gasteiger charge is 2.40. The number of thiazole rings is 1. The van der Waals surface area contributed by atoms with Crippen LogP contribution in [0.1, 0.15) is 99.7 Å². The third-order valence-corrected chi connectivity index (χ3v) is 10.3. The van der Waals surface area contributed by atoms with Gasteiger partial charge in [-0.05, 0) is 78.5 Å². The topological polar surface area (TPSA) is 167 Å². The number of nitrogens with one attached hydrogen (secondary N) is 3. The predicted molar refractivity (Wildman–Crippen MR) is 205 cm³/mol. The van der Waals surface area contributed by atoms with Crippen molar-refractivity contribution in [3.63, 3.8) is 0 Å². The van der Waals surface area contributed by atoms with Crippen molar-refractivity contribution in [2.24, 2.45) is 5.92 Å². The first-order chi connectivity index (χ1) is 26.0. The largest absolute Gasteiger partial charge is 0.491 e. The number of aromatic nitrogens is 1. The molecule has 2 fully saturated rings. The van der Waals surface area contributed by atoms with Gasteiger partial charge in [-0.25, -0.2) is 9.78 Å². The van der Waals surface area contributed by atoms with Gasteiger partial charge in [0.2, 0.25) is 17.6 Å². The van der Waals surface area contributed by atoms with Crippen molar-refractivity contribution in [2.45, 2.75) is 96.4 Å². The molecule has 4 rings (SSSR count). The average molecular weight is 774 g/mol. The summed E-state index contributed by atoms with van der Waals surface area (Å²) >= 11 is 1.39. The van der Waals surface area contributed by atoms with Crippen LogP contribution in [0.15, 0.2) is 29.6 Å². The molecule has 3 atom stereocenters. The standard InChI is InChI=1S/C39H59N5O9S/c1-27(40-5)35(46)43-33(28-11-7-6-8-12-28)37(47)44-17-10-15-32(44)36-42-31(26-54-36)34(45)29-13-9-14-30(25-29)52-24-23-51-22-21-50-20-19-49-18-16-41-38(48)53-39(2,3)4/h9,13-14,25-28,32-33,40H,6-8,10-12,15-24H2,1-5H3,(H,41,48)(H,43,46)/t27-,32-,33-/m0/s1. The van der Waals surface area contributed by atoms with Crippen LogP contribution in [0, 0.1) is 5.92 Å². The van der Waals surface area contributed by atoms with Gasteiger partial charge in [-0.15, -0.1) is 11.3 Å². The molecule has 15 heteroatoms. The van der Waals surface area contributed by atoms with Crippen LogP contribution in [0.3, 0.4) is 0 Å². The molecule has 1 aliphatic carbocycles. The Morgan fingerprint density at radius 2 is 1.61 bits per heavy atom. The highest BCUT2D eigenvalue weighted by Crippen LogP contribution is 2.36. The molecule has 3 amide bonds. The molecule has 2 aromatic rings. The van der Waals surface area contributed by atoms with Crippen LogP contribution < -0.4 is 20.7 Å². The number of ketones is 1. The minimum Gasteiger partial charge on any atom is -0.491 e. The van der Waals surface area contributed by atoms with Crippen LogP contribution in [0.5, 0.6) is 5.75 Å². The van der Waals surface area contributed by atoms with E-state index in [1.807, 2.05) is 25.7 Å². The average Bonchev–Trinajstić information content (AvgIpc) is 3.85. The first-order valence-corrected chi connectivity index (χ1v) is 20.1. The number of hydrogen-bond donors (Lipinski definition) is 3. The fourth-order valence-electron chi connectivity index (χ4n) is 6.44. The lowest BCUT2D eigenvalue weighted by molar-refractivity contribution is -0.139. The van der Waals surface area contributed by atoms with Crippen LogP contribution >= 0.6 is 11.3 Å². The van der Waals surface area contributed by atoms with Crippen molar-refractivity contribution in [3.8, 4) is 5.75 Å². The summed E-state index contributed by atoms with van der Waals surface area (Å²) in [6.07, 6.45) is 6.22. The van der Waals surface area contributed by atoms with Gasteiger partial charge in [0.25, 0.3) is 0 Å². The summed E-state index contributed by atoms with van der Waals surface area (Å²) in [5.74, 6) is 0.201. The van der Waals surface area contributed by atoms with E-state index in [0.717, 1.165) is 50.0 Å². The van der Waals surface area contributed by atoms with Gasteiger partial charge >= 0.3 is 6.09 Å². The highest BCUT2D eigenvalue weighted by atomic mass is 32.1. The van der Waals surface area contributed by atoms with Crippen molar-refractivity contribution in [1.82, 2.24) is 25.8 Å². The molecule has 2 aliphatic rings. The van der Waals surface area contributed by atoms with Gasteiger partial charge in [0, 0.05) is 24.0 Å². The van der Waals surface area contributed by atoms with Crippen molar-refractivity contribution < 1.29 is 42.9 Å². The van der Waals surface area contributed by atoms with E-state index >= 15 is 0 Å². The number of benzene rings is 1. The van der Waals surface area contributed by atoms with Crippen LogP contribution in [0.25, 0.3) is 0 Å². The number of hydrogen-bond acceptors (Lipinski definition) is 12. The van der Waals surface area contributed by atoms with Crippen LogP contribution in [-0.4, -0.2) is 118 Å². The predicted octanol–water partition coefficient (Wildman–Crippen LogP) is 4.66. The smallest absolute Gasteiger partial charge is 0.407 e. The van der Waals surface area contributed by atoms with Gasteiger partial charge in [-0.1, -0.05) is 31.4 Å². The fraction of sp³-hybridized carbons (Fsp3) is 0.667. The lowest BCUT2D eigenvalue weighted by Crippen LogP contribution is -2.55. The number of amides is 3. The van der Waals surface area contributed by atoms with Gasteiger partial charge in [0.15, 0.2) is 0 Å². The summed E-state index contributed by atoms with van der Waals surface area (Å²) in [5.41, 5.74) is 0.252. The molecule has 1 saturated heterocycles. The summed E-state index contributed by atoms with van der Waals surface area (Å²) in [6, 6.07) is 5.78. The van der Waals surface area contributed by atoms with E-state index in [2.05, 4.69) is 16.0 Å². The number of carbonyl (C=O) groups is 4. The Morgan fingerprint density at radius 3 is 2.30 bits per heavy atom. The third-order valence-electron chi connectivity index (χ3n) is 9.34. The molecule has 300 valence electrons. The molecule has 0 spiro atoms.